The molecule has 3 aromatic rings. The molecule has 152 valence electrons. The first-order valence-electron chi connectivity index (χ1n) is 9.26. The number of rotatable bonds is 7. The first kappa shape index (κ1) is 21.2. The zero-order valence-electron chi connectivity index (χ0n) is 16.9. The Bertz CT molecular complexity index is 983. The summed E-state index contributed by atoms with van der Waals surface area (Å²) < 4.78 is 1.90. The van der Waals surface area contributed by atoms with E-state index in [0.717, 1.165) is 28.3 Å². The predicted molar refractivity (Wildman–Crippen MR) is 120 cm³/mol. The van der Waals surface area contributed by atoms with E-state index in [9.17, 15) is 4.79 Å². The Hall–Kier alpha value is -2.51. The van der Waals surface area contributed by atoms with Gasteiger partial charge in [-0.15, -0.1) is 10.2 Å². The number of amides is 1. The normalized spacial score (nSPS) is 11.9. The van der Waals surface area contributed by atoms with Crippen LogP contribution in [0.4, 0.5) is 11.4 Å². The molecule has 1 atom stereocenters. The first-order chi connectivity index (χ1) is 13.8. The standard InChI is InChI=1S/C21H24ClN5OS/c1-13-6-5-7-14(2)19(13)24-20(28)15(3)29-21-26-25-18(27(21)4)12-23-17-10-8-16(22)9-11-17/h5-11,15,23H,12H2,1-4H3,(H,24,28). The van der Waals surface area contributed by atoms with Crippen molar-refractivity contribution in [1.82, 2.24) is 14.8 Å². The Morgan fingerprint density at radius 1 is 1.14 bits per heavy atom. The molecule has 0 saturated carbocycles. The van der Waals surface area contributed by atoms with Gasteiger partial charge in [-0.2, -0.15) is 0 Å². The van der Waals surface area contributed by atoms with E-state index >= 15 is 0 Å². The molecule has 0 aliphatic heterocycles. The van der Waals surface area contributed by atoms with Gasteiger partial charge in [-0.25, -0.2) is 0 Å². The van der Waals surface area contributed by atoms with Crippen LogP contribution in [0.3, 0.4) is 0 Å². The van der Waals surface area contributed by atoms with Crippen molar-refractivity contribution in [2.45, 2.75) is 37.7 Å². The summed E-state index contributed by atoms with van der Waals surface area (Å²) in [6.07, 6.45) is 0. The van der Waals surface area contributed by atoms with Crippen LogP contribution < -0.4 is 10.6 Å². The van der Waals surface area contributed by atoms with Gasteiger partial charge in [0.2, 0.25) is 5.91 Å². The molecule has 1 heterocycles. The third-order valence-corrected chi connectivity index (χ3v) is 5.99. The second-order valence-electron chi connectivity index (χ2n) is 6.83. The van der Waals surface area contributed by atoms with Crippen LogP contribution in [-0.4, -0.2) is 25.9 Å². The number of halogens is 1. The molecule has 0 bridgehead atoms. The van der Waals surface area contributed by atoms with Crippen molar-refractivity contribution in [1.29, 1.82) is 0 Å². The highest BCUT2D eigenvalue weighted by molar-refractivity contribution is 8.00. The van der Waals surface area contributed by atoms with Crippen molar-refractivity contribution in [3.63, 3.8) is 0 Å². The molecule has 0 aliphatic carbocycles. The number of aryl methyl sites for hydroxylation is 2. The summed E-state index contributed by atoms with van der Waals surface area (Å²) in [4.78, 5) is 12.7. The summed E-state index contributed by atoms with van der Waals surface area (Å²) in [5.74, 6) is 0.723. The average molecular weight is 430 g/mol. The van der Waals surface area contributed by atoms with Crippen LogP contribution in [0.25, 0.3) is 0 Å². The maximum absolute atomic E-state index is 12.7. The molecule has 0 saturated heterocycles. The molecule has 0 aliphatic rings. The summed E-state index contributed by atoms with van der Waals surface area (Å²) in [5, 5.41) is 15.9. The number of hydrogen-bond acceptors (Lipinski definition) is 5. The topological polar surface area (TPSA) is 71.8 Å². The molecule has 2 aromatic carbocycles. The number of aromatic nitrogens is 3. The number of carbonyl (C=O) groups excluding carboxylic acids is 1. The molecule has 0 radical (unpaired) electrons. The van der Waals surface area contributed by atoms with Crippen LogP contribution in [0.5, 0.6) is 0 Å². The molecule has 2 N–H and O–H groups in total. The summed E-state index contributed by atoms with van der Waals surface area (Å²) in [6.45, 7) is 6.37. The minimum absolute atomic E-state index is 0.0590. The van der Waals surface area contributed by atoms with Gasteiger partial charge in [0.05, 0.1) is 11.8 Å². The van der Waals surface area contributed by atoms with Crippen LogP contribution >= 0.6 is 23.4 Å². The lowest BCUT2D eigenvalue weighted by molar-refractivity contribution is -0.115. The summed E-state index contributed by atoms with van der Waals surface area (Å²) in [7, 11) is 1.90. The molecule has 0 fully saturated rings. The quantitative estimate of drug-likeness (QED) is 0.527. The number of hydrogen-bond donors (Lipinski definition) is 2. The van der Waals surface area contributed by atoms with Crippen molar-refractivity contribution in [3.8, 4) is 0 Å². The van der Waals surface area contributed by atoms with E-state index in [1.165, 1.54) is 11.8 Å². The molecule has 1 amide bonds. The number of nitrogens with one attached hydrogen (secondary N) is 2. The Morgan fingerprint density at radius 3 is 2.45 bits per heavy atom. The van der Waals surface area contributed by atoms with Gasteiger partial charge in [-0.05, 0) is 56.2 Å². The average Bonchev–Trinajstić information content (AvgIpc) is 3.04. The SMILES string of the molecule is Cc1cccc(C)c1NC(=O)C(C)Sc1nnc(CNc2ccc(Cl)cc2)n1C. The van der Waals surface area contributed by atoms with Gasteiger partial charge in [-0.3, -0.25) is 4.79 Å². The highest BCUT2D eigenvalue weighted by Gasteiger charge is 2.20. The fraction of sp³-hybridized carbons (Fsp3) is 0.286. The van der Waals surface area contributed by atoms with Crippen LogP contribution in [-0.2, 0) is 18.4 Å². The zero-order chi connectivity index (χ0) is 21.0. The Kier molecular flexibility index (Phi) is 6.82. The molecule has 0 spiro atoms. The highest BCUT2D eigenvalue weighted by Crippen LogP contribution is 2.25. The fourth-order valence-corrected chi connectivity index (χ4v) is 3.76. The lowest BCUT2D eigenvalue weighted by atomic mass is 10.1. The maximum Gasteiger partial charge on any atom is 0.237 e. The predicted octanol–water partition coefficient (Wildman–Crippen LogP) is 4.82. The van der Waals surface area contributed by atoms with Gasteiger partial charge >= 0.3 is 0 Å². The summed E-state index contributed by atoms with van der Waals surface area (Å²) in [5.41, 5.74) is 3.92. The van der Waals surface area contributed by atoms with E-state index in [2.05, 4.69) is 20.8 Å². The van der Waals surface area contributed by atoms with Crippen LogP contribution in [0, 0.1) is 13.8 Å². The zero-order valence-corrected chi connectivity index (χ0v) is 18.4. The lowest BCUT2D eigenvalue weighted by Crippen LogP contribution is -2.23. The van der Waals surface area contributed by atoms with Gasteiger partial charge in [-0.1, -0.05) is 41.6 Å². The number of benzene rings is 2. The van der Waals surface area contributed by atoms with Gasteiger partial charge in [0.15, 0.2) is 11.0 Å². The summed E-state index contributed by atoms with van der Waals surface area (Å²) in [6, 6.07) is 13.4. The third kappa shape index (κ3) is 5.31. The Morgan fingerprint density at radius 2 is 1.79 bits per heavy atom. The first-order valence-corrected chi connectivity index (χ1v) is 10.5. The monoisotopic (exact) mass is 429 g/mol. The van der Waals surface area contributed by atoms with Gasteiger partial charge in [0, 0.05) is 23.4 Å². The summed E-state index contributed by atoms with van der Waals surface area (Å²) >= 11 is 7.30. The fourth-order valence-electron chi connectivity index (χ4n) is 2.80. The number of para-hydroxylation sites is 1. The lowest BCUT2D eigenvalue weighted by Gasteiger charge is -2.15. The van der Waals surface area contributed by atoms with E-state index in [4.69, 9.17) is 11.6 Å². The van der Waals surface area contributed by atoms with Crippen LogP contribution in [0.2, 0.25) is 5.02 Å². The van der Waals surface area contributed by atoms with Crippen molar-refractivity contribution in [2.24, 2.45) is 7.05 Å². The van der Waals surface area contributed by atoms with E-state index in [1.54, 1.807) is 0 Å². The van der Waals surface area contributed by atoms with E-state index in [0.29, 0.717) is 16.7 Å². The molecular formula is C21H24ClN5OS. The minimum atomic E-state index is -0.311. The molecule has 8 heteroatoms. The number of nitrogens with zero attached hydrogens (tertiary/aromatic N) is 3. The van der Waals surface area contributed by atoms with Crippen LogP contribution in [0.1, 0.15) is 23.9 Å². The number of thioether (sulfide) groups is 1. The van der Waals surface area contributed by atoms with Crippen molar-refractivity contribution in [3.05, 3.63) is 64.4 Å². The van der Waals surface area contributed by atoms with Gasteiger partial charge in [0.25, 0.3) is 0 Å². The number of carbonyl (C=O) groups is 1. The van der Waals surface area contributed by atoms with Crippen molar-refractivity contribution < 1.29 is 4.79 Å². The smallest absolute Gasteiger partial charge is 0.237 e. The van der Waals surface area contributed by atoms with E-state index < -0.39 is 0 Å². The molecule has 6 nitrogen and oxygen atoms in total. The van der Waals surface area contributed by atoms with E-state index in [-0.39, 0.29) is 11.2 Å². The Balaban J connectivity index is 1.61. The Labute approximate surface area is 180 Å². The second-order valence-corrected chi connectivity index (χ2v) is 8.58. The van der Waals surface area contributed by atoms with Crippen LogP contribution in [0.15, 0.2) is 47.6 Å². The molecule has 3 rings (SSSR count). The largest absolute Gasteiger partial charge is 0.378 e. The maximum atomic E-state index is 12.7. The van der Waals surface area contributed by atoms with E-state index in [1.807, 2.05) is 74.9 Å². The molecule has 1 aromatic heterocycles. The van der Waals surface area contributed by atoms with Crippen molar-refractivity contribution in [2.75, 3.05) is 10.6 Å². The second kappa shape index (κ2) is 9.33. The molecular weight excluding hydrogens is 406 g/mol. The highest BCUT2D eigenvalue weighted by atomic mass is 35.5. The third-order valence-electron chi connectivity index (χ3n) is 4.60. The molecule has 1 unspecified atom stereocenters. The van der Waals surface area contributed by atoms with Gasteiger partial charge in [0.1, 0.15) is 0 Å². The van der Waals surface area contributed by atoms with Crippen molar-refractivity contribution >= 4 is 40.6 Å². The number of anilines is 2. The van der Waals surface area contributed by atoms with Gasteiger partial charge < -0.3 is 15.2 Å². The molecule has 29 heavy (non-hydrogen) atoms. The minimum Gasteiger partial charge on any atom is -0.378 e.